The minimum absolute atomic E-state index is 0.0577. The molecule has 0 amide bonds. The number of aromatic nitrogens is 2. The van der Waals surface area contributed by atoms with Gasteiger partial charge in [0, 0.05) is 6.04 Å². The zero-order valence-electron chi connectivity index (χ0n) is 13.6. The Balaban J connectivity index is 1.78. The van der Waals surface area contributed by atoms with Gasteiger partial charge in [-0.15, -0.1) is 0 Å². The first-order chi connectivity index (χ1) is 11.5. The Morgan fingerprint density at radius 2 is 2.29 bits per heavy atom. The fourth-order valence-electron chi connectivity index (χ4n) is 3.18. The molecule has 130 valence electrons. The van der Waals surface area contributed by atoms with Crippen molar-refractivity contribution in [1.82, 2.24) is 14.9 Å². The highest BCUT2D eigenvalue weighted by Gasteiger charge is 2.25. The molecule has 3 N–H and O–H groups in total. The van der Waals surface area contributed by atoms with E-state index < -0.39 is 18.0 Å². The van der Waals surface area contributed by atoms with Gasteiger partial charge >= 0.3 is 0 Å². The van der Waals surface area contributed by atoms with Gasteiger partial charge in [0.2, 0.25) is 0 Å². The van der Waals surface area contributed by atoms with Gasteiger partial charge < -0.3 is 15.5 Å². The third kappa shape index (κ3) is 3.48. The van der Waals surface area contributed by atoms with Crippen LogP contribution in [0.1, 0.15) is 24.8 Å². The molecular weight excluding hydrogens is 313 g/mol. The Hall–Kier alpha value is -1.83. The molecule has 1 aromatic heterocycles. The number of rotatable bonds is 4. The minimum Gasteiger partial charge on any atom is -0.392 e. The molecule has 0 aliphatic carbocycles. The van der Waals surface area contributed by atoms with E-state index in [0.717, 1.165) is 13.0 Å². The molecule has 0 bridgehead atoms. The number of fused-ring (bicyclic) bond motifs is 1. The number of benzene rings is 1. The molecule has 2 heterocycles. The summed E-state index contributed by atoms with van der Waals surface area (Å²) in [5, 5.41) is 23.6. The number of halogens is 1. The SMILES string of the molecule is Cc1cc2ncn(CC(O)C[C@H]3NCCC[C@@H]3O)c(=O)c2cc1F. The minimum atomic E-state index is -0.803. The van der Waals surface area contributed by atoms with Crippen LogP contribution in [-0.2, 0) is 6.54 Å². The maximum Gasteiger partial charge on any atom is 0.261 e. The van der Waals surface area contributed by atoms with Crippen LogP contribution >= 0.6 is 0 Å². The van der Waals surface area contributed by atoms with Crippen LogP contribution in [0.15, 0.2) is 23.3 Å². The molecule has 2 aromatic rings. The third-order valence-corrected chi connectivity index (χ3v) is 4.59. The fourth-order valence-corrected chi connectivity index (χ4v) is 3.18. The first-order valence-electron chi connectivity index (χ1n) is 8.20. The molecule has 7 heteroatoms. The molecule has 0 spiro atoms. The molecule has 1 aliphatic rings. The second kappa shape index (κ2) is 6.96. The topological polar surface area (TPSA) is 87.4 Å². The highest BCUT2D eigenvalue weighted by atomic mass is 19.1. The standard InChI is InChI=1S/C17H22FN3O3/c1-10-5-14-12(7-13(10)18)17(24)21(9-20-14)8-11(22)6-15-16(23)3-2-4-19-15/h5,7,9,11,15-16,19,22-23H,2-4,6,8H2,1H3/t11?,15-,16+/m1/s1. The average molecular weight is 335 g/mol. The number of aliphatic hydroxyl groups excluding tert-OH is 2. The van der Waals surface area contributed by atoms with Crippen molar-refractivity contribution in [2.75, 3.05) is 6.54 Å². The van der Waals surface area contributed by atoms with Crippen LogP contribution in [0.3, 0.4) is 0 Å². The van der Waals surface area contributed by atoms with E-state index in [-0.39, 0.29) is 23.5 Å². The van der Waals surface area contributed by atoms with Gasteiger partial charge in [-0.2, -0.15) is 0 Å². The maximum atomic E-state index is 13.7. The van der Waals surface area contributed by atoms with E-state index >= 15 is 0 Å². The number of nitrogens with one attached hydrogen (secondary N) is 1. The van der Waals surface area contributed by atoms with E-state index in [2.05, 4.69) is 10.3 Å². The number of hydrogen-bond donors (Lipinski definition) is 3. The molecule has 3 atom stereocenters. The smallest absolute Gasteiger partial charge is 0.261 e. The molecule has 1 aromatic carbocycles. The lowest BCUT2D eigenvalue weighted by Gasteiger charge is -2.30. The maximum absolute atomic E-state index is 13.7. The van der Waals surface area contributed by atoms with Crippen molar-refractivity contribution in [3.05, 3.63) is 40.2 Å². The first kappa shape index (κ1) is 17.0. The predicted octanol–water partition coefficient (Wildman–Crippen LogP) is 0.708. The van der Waals surface area contributed by atoms with Gasteiger partial charge in [0.15, 0.2) is 0 Å². The van der Waals surface area contributed by atoms with Crippen molar-refractivity contribution in [1.29, 1.82) is 0 Å². The molecule has 24 heavy (non-hydrogen) atoms. The van der Waals surface area contributed by atoms with Gasteiger partial charge in [0.25, 0.3) is 5.56 Å². The lowest BCUT2D eigenvalue weighted by molar-refractivity contribution is 0.0539. The van der Waals surface area contributed by atoms with E-state index in [0.29, 0.717) is 23.9 Å². The molecular formula is C17H22FN3O3. The van der Waals surface area contributed by atoms with Crippen molar-refractivity contribution >= 4 is 10.9 Å². The van der Waals surface area contributed by atoms with Gasteiger partial charge in [-0.05, 0) is 50.4 Å². The van der Waals surface area contributed by atoms with E-state index in [1.165, 1.54) is 23.0 Å². The summed E-state index contributed by atoms with van der Waals surface area (Å²) in [5.41, 5.74) is 0.494. The molecule has 0 radical (unpaired) electrons. The Morgan fingerprint density at radius 1 is 1.50 bits per heavy atom. The van der Waals surface area contributed by atoms with Crippen LogP contribution in [0, 0.1) is 12.7 Å². The van der Waals surface area contributed by atoms with Crippen LogP contribution in [-0.4, -0.2) is 44.6 Å². The highest BCUT2D eigenvalue weighted by Crippen LogP contribution is 2.15. The number of aliphatic hydroxyl groups is 2. The lowest BCUT2D eigenvalue weighted by atomic mass is 9.96. The first-order valence-corrected chi connectivity index (χ1v) is 8.20. The number of hydrogen-bond acceptors (Lipinski definition) is 5. The Morgan fingerprint density at radius 3 is 3.04 bits per heavy atom. The Labute approximate surface area is 139 Å². The second-order valence-electron chi connectivity index (χ2n) is 6.48. The monoisotopic (exact) mass is 335 g/mol. The normalized spacial score (nSPS) is 22.7. The molecule has 3 rings (SSSR count). The van der Waals surface area contributed by atoms with Gasteiger partial charge in [0.05, 0.1) is 36.0 Å². The van der Waals surface area contributed by atoms with Crippen molar-refractivity contribution in [3.8, 4) is 0 Å². The second-order valence-corrected chi connectivity index (χ2v) is 6.48. The molecule has 0 saturated carbocycles. The van der Waals surface area contributed by atoms with Crippen molar-refractivity contribution in [3.63, 3.8) is 0 Å². The van der Waals surface area contributed by atoms with Crippen molar-refractivity contribution in [2.45, 2.75) is 51.0 Å². The molecule has 6 nitrogen and oxygen atoms in total. The van der Waals surface area contributed by atoms with Crippen LogP contribution in [0.2, 0.25) is 0 Å². The largest absolute Gasteiger partial charge is 0.392 e. The summed E-state index contributed by atoms with van der Waals surface area (Å²) < 4.78 is 15.0. The van der Waals surface area contributed by atoms with Crippen LogP contribution in [0.5, 0.6) is 0 Å². The zero-order valence-corrected chi connectivity index (χ0v) is 13.6. The van der Waals surface area contributed by atoms with E-state index in [4.69, 9.17) is 0 Å². The molecule has 1 aliphatic heterocycles. The summed E-state index contributed by atoms with van der Waals surface area (Å²) in [7, 11) is 0. The van der Waals surface area contributed by atoms with Crippen LogP contribution < -0.4 is 10.9 Å². The van der Waals surface area contributed by atoms with E-state index in [1.807, 2.05) is 0 Å². The predicted molar refractivity (Wildman–Crippen MR) is 88.4 cm³/mol. The van der Waals surface area contributed by atoms with Gasteiger partial charge in [-0.3, -0.25) is 9.36 Å². The molecule has 1 unspecified atom stereocenters. The fraction of sp³-hybridized carbons (Fsp3) is 0.529. The van der Waals surface area contributed by atoms with E-state index in [9.17, 15) is 19.4 Å². The number of aryl methyl sites for hydroxylation is 1. The van der Waals surface area contributed by atoms with Gasteiger partial charge in [0.1, 0.15) is 5.82 Å². The quantitative estimate of drug-likeness (QED) is 0.766. The third-order valence-electron chi connectivity index (χ3n) is 4.59. The van der Waals surface area contributed by atoms with Gasteiger partial charge in [-0.25, -0.2) is 9.37 Å². The summed E-state index contributed by atoms with van der Waals surface area (Å²) in [4.78, 5) is 16.6. The summed E-state index contributed by atoms with van der Waals surface area (Å²) in [6, 6.07) is 2.54. The lowest BCUT2D eigenvalue weighted by Crippen LogP contribution is -2.47. The Kier molecular flexibility index (Phi) is 4.93. The number of piperidine rings is 1. The van der Waals surface area contributed by atoms with Crippen LogP contribution in [0.4, 0.5) is 4.39 Å². The van der Waals surface area contributed by atoms with Gasteiger partial charge in [-0.1, -0.05) is 0 Å². The number of nitrogens with zero attached hydrogens (tertiary/aromatic N) is 2. The van der Waals surface area contributed by atoms with Crippen molar-refractivity contribution < 1.29 is 14.6 Å². The molecule has 1 saturated heterocycles. The highest BCUT2D eigenvalue weighted by molar-refractivity contribution is 5.78. The zero-order chi connectivity index (χ0) is 17.3. The average Bonchev–Trinajstić information content (AvgIpc) is 2.54. The summed E-state index contributed by atoms with van der Waals surface area (Å²) in [6.45, 7) is 2.49. The van der Waals surface area contributed by atoms with Crippen LogP contribution in [0.25, 0.3) is 10.9 Å². The summed E-state index contributed by atoms with van der Waals surface area (Å²) in [6.07, 6.45) is 2.04. The van der Waals surface area contributed by atoms with E-state index in [1.54, 1.807) is 6.92 Å². The Bertz CT molecular complexity index is 792. The van der Waals surface area contributed by atoms with Crippen molar-refractivity contribution in [2.24, 2.45) is 0 Å². The summed E-state index contributed by atoms with van der Waals surface area (Å²) in [5.74, 6) is -0.450. The molecule has 1 fully saturated rings. The summed E-state index contributed by atoms with van der Waals surface area (Å²) >= 11 is 0.